The van der Waals surface area contributed by atoms with Crippen LogP contribution >= 0.6 is 11.3 Å². The summed E-state index contributed by atoms with van der Waals surface area (Å²) in [7, 11) is 1.33. The molecule has 2 aromatic heterocycles. The second-order valence-electron chi connectivity index (χ2n) is 4.40. The maximum absolute atomic E-state index is 12.1. The molecule has 0 bridgehead atoms. The molecule has 0 saturated heterocycles. The van der Waals surface area contributed by atoms with Gasteiger partial charge < -0.3 is 15.0 Å². The molecule has 0 aliphatic carbocycles. The van der Waals surface area contributed by atoms with Gasteiger partial charge in [-0.15, -0.1) is 11.3 Å². The molecule has 0 unspecified atom stereocenters. The molecule has 0 radical (unpaired) electrons. The van der Waals surface area contributed by atoms with Gasteiger partial charge in [-0.25, -0.2) is 4.79 Å². The minimum Gasteiger partial charge on any atom is -0.465 e. The van der Waals surface area contributed by atoms with Crippen molar-refractivity contribution in [3.8, 4) is 0 Å². The van der Waals surface area contributed by atoms with Gasteiger partial charge in [0.1, 0.15) is 5.69 Å². The Balaban J connectivity index is 1.75. The number of thiophene rings is 1. The zero-order chi connectivity index (χ0) is 14.8. The highest BCUT2D eigenvalue weighted by Gasteiger charge is 2.11. The van der Waals surface area contributed by atoms with Crippen molar-refractivity contribution in [1.82, 2.24) is 4.98 Å². The van der Waals surface area contributed by atoms with Crippen LogP contribution in [0.15, 0.2) is 41.8 Å². The smallest absolute Gasteiger partial charge is 0.337 e. The van der Waals surface area contributed by atoms with Crippen LogP contribution in [0.2, 0.25) is 0 Å². The van der Waals surface area contributed by atoms with Gasteiger partial charge >= 0.3 is 5.97 Å². The molecule has 1 aromatic carbocycles. The zero-order valence-electron chi connectivity index (χ0n) is 11.2. The molecule has 0 aliphatic rings. The number of aromatic amines is 1. The summed E-state index contributed by atoms with van der Waals surface area (Å²) in [5.74, 6) is -0.623. The first-order valence-electron chi connectivity index (χ1n) is 6.23. The first-order chi connectivity index (χ1) is 10.2. The number of carbonyl (C=O) groups is 2. The SMILES string of the molecule is COC(=O)c1ccc(NC(=O)c2cc3sccc3[nH]2)cc1. The maximum atomic E-state index is 12.1. The van der Waals surface area contributed by atoms with Gasteiger partial charge in [-0.3, -0.25) is 4.79 Å². The van der Waals surface area contributed by atoms with Crippen molar-refractivity contribution in [3.05, 3.63) is 53.0 Å². The van der Waals surface area contributed by atoms with Crippen LogP contribution in [0.25, 0.3) is 10.2 Å². The maximum Gasteiger partial charge on any atom is 0.337 e. The summed E-state index contributed by atoms with van der Waals surface area (Å²) in [5.41, 5.74) is 2.52. The number of aromatic nitrogens is 1. The molecule has 0 aliphatic heterocycles. The molecule has 0 saturated carbocycles. The van der Waals surface area contributed by atoms with Crippen LogP contribution in [0.1, 0.15) is 20.8 Å². The third-order valence-electron chi connectivity index (χ3n) is 3.05. The Bertz CT molecular complexity index is 773. The van der Waals surface area contributed by atoms with Crippen molar-refractivity contribution in [2.45, 2.75) is 0 Å². The summed E-state index contributed by atoms with van der Waals surface area (Å²) >= 11 is 1.58. The van der Waals surface area contributed by atoms with E-state index in [1.54, 1.807) is 35.6 Å². The number of esters is 1. The summed E-state index contributed by atoms with van der Waals surface area (Å²) in [6.45, 7) is 0. The van der Waals surface area contributed by atoms with Crippen LogP contribution in [0, 0.1) is 0 Å². The Morgan fingerprint density at radius 3 is 2.62 bits per heavy atom. The molecule has 6 heteroatoms. The molecule has 2 N–H and O–H groups in total. The van der Waals surface area contributed by atoms with E-state index in [0.29, 0.717) is 16.9 Å². The fraction of sp³-hybridized carbons (Fsp3) is 0.0667. The van der Waals surface area contributed by atoms with Crippen molar-refractivity contribution < 1.29 is 14.3 Å². The third kappa shape index (κ3) is 2.66. The lowest BCUT2D eigenvalue weighted by atomic mass is 10.2. The van der Waals surface area contributed by atoms with E-state index in [1.807, 2.05) is 17.5 Å². The predicted octanol–water partition coefficient (Wildman–Crippen LogP) is 3.27. The lowest BCUT2D eigenvalue weighted by molar-refractivity contribution is 0.0600. The highest BCUT2D eigenvalue weighted by Crippen LogP contribution is 2.22. The summed E-state index contributed by atoms with van der Waals surface area (Å²) in [6, 6.07) is 10.3. The van der Waals surface area contributed by atoms with Crippen LogP contribution < -0.4 is 5.32 Å². The first kappa shape index (κ1) is 13.4. The number of methoxy groups -OCH3 is 1. The normalized spacial score (nSPS) is 10.5. The van der Waals surface area contributed by atoms with Crippen LogP contribution in [0.3, 0.4) is 0 Å². The summed E-state index contributed by atoms with van der Waals surface area (Å²) < 4.78 is 5.66. The van der Waals surface area contributed by atoms with Crippen LogP contribution in [0.4, 0.5) is 5.69 Å². The van der Waals surface area contributed by atoms with Crippen LogP contribution in [0.5, 0.6) is 0 Å². The molecule has 5 nitrogen and oxygen atoms in total. The Labute approximate surface area is 124 Å². The first-order valence-corrected chi connectivity index (χ1v) is 7.11. The largest absolute Gasteiger partial charge is 0.465 e. The van der Waals surface area contributed by atoms with Gasteiger partial charge in [0, 0.05) is 5.69 Å². The average molecular weight is 300 g/mol. The van der Waals surface area contributed by atoms with Crippen molar-refractivity contribution in [1.29, 1.82) is 0 Å². The van der Waals surface area contributed by atoms with Gasteiger partial charge in [-0.1, -0.05) is 0 Å². The van der Waals surface area contributed by atoms with Gasteiger partial charge in [0.05, 0.1) is 22.9 Å². The van der Waals surface area contributed by atoms with E-state index in [0.717, 1.165) is 10.2 Å². The average Bonchev–Trinajstić information content (AvgIpc) is 3.08. The van der Waals surface area contributed by atoms with E-state index in [9.17, 15) is 9.59 Å². The molecule has 3 rings (SSSR count). The van der Waals surface area contributed by atoms with Crippen LogP contribution in [-0.2, 0) is 4.74 Å². The van der Waals surface area contributed by atoms with Crippen LogP contribution in [-0.4, -0.2) is 24.0 Å². The van der Waals surface area contributed by atoms with Crippen molar-refractivity contribution in [3.63, 3.8) is 0 Å². The van der Waals surface area contributed by atoms with E-state index in [4.69, 9.17) is 0 Å². The van der Waals surface area contributed by atoms with E-state index < -0.39 is 5.97 Å². The number of carbonyl (C=O) groups excluding carboxylic acids is 2. The molecule has 3 aromatic rings. The summed E-state index contributed by atoms with van der Waals surface area (Å²) in [5, 5.41) is 4.74. The molecule has 0 spiro atoms. The van der Waals surface area contributed by atoms with Gasteiger partial charge in [0.2, 0.25) is 0 Å². The number of ether oxygens (including phenoxy) is 1. The highest BCUT2D eigenvalue weighted by molar-refractivity contribution is 7.17. The molecule has 0 fully saturated rings. The Kier molecular flexibility index (Phi) is 3.45. The minimum absolute atomic E-state index is 0.218. The lowest BCUT2D eigenvalue weighted by Crippen LogP contribution is -2.12. The number of fused-ring (bicyclic) bond motifs is 1. The summed E-state index contributed by atoms with van der Waals surface area (Å²) in [4.78, 5) is 26.5. The number of rotatable bonds is 3. The number of anilines is 1. The van der Waals surface area contributed by atoms with E-state index in [1.165, 1.54) is 7.11 Å². The van der Waals surface area contributed by atoms with Crippen molar-refractivity contribution in [2.75, 3.05) is 12.4 Å². The molecule has 2 heterocycles. The fourth-order valence-electron chi connectivity index (χ4n) is 1.98. The third-order valence-corrected chi connectivity index (χ3v) is 3.91. The van der Waals surface area contributed by atoms with Gasteiger partial charge in [-0.05, 0) is 41.8 Å². The second kappa shape index (κ2) is 5.41. The number of benzene rings is 1. The van der Waals surface area contributed by atoms with Crippen molar-refractivity contribution >= 4 is 39.1 Å². The number of H-pyrrole nitrogens is 1. The number of nitrogens with one attached hydrogen (secondary N) is 2. The van der Waals surface area contributed by atoms with Gasteiger partial charge in [0.25, 0.3) is 5.91 Å². The topological polar surface area (TPSA) is 71.2 Å². The van der Waals surface area contributed by atoms with E-state index >= 15 is 0 Å². The predicted molar refractivity (Wildman–Crippen MR) is 81.9 cm³/mol. The standard InChI is InChI=1S/C15H12N2O3S/c1-20-15(19)9-2-4-10(5-3-9)16-14(18)12-8-13-11(17-12)6-7-21-13/h2-8,17H,1H3,(H,16,18). The van der Waals surface area contributed by atoms with Gasteiger partial charge in [-0.2, -0.15) is 0 Å². The monoisotopic (exact) mass is 300 g/mol. The Hall–Kier alpha value is -2.60. The fourth-order valence-corrected chi connectivity index (χ4v) is 2.76. The quantitative estimate of drug-likeness (QED) is 0.729. The van der Waals surface area contributed by atoms with Gasteiger partial charge in [0.15, 0.2) is 0 Å². The number of hydrogen-bond donors (Lipinski definition) is 2. The molecular formula is C15H12N2O3S. The Morgan fingerprint density at radius 2 is 1.95 bits per heavy atom. The van der Waals surface area contributed by atoms with E-state index in [2.05, 4.69) is 15.0 Å². The molecule has 1 amide bonds. The highest BCUT2D eigenvalue weighted by atomic mass is 32.1. The lowest BCUT2D eigenvalue weighted by Gasteiger charge is -2.04. The summed E-state index contributed by atoms with van der Waals surface area (Å²) in [6.07, 6.45) is 0. The Morgan fingerprint density at radius 1 is 1.19 bits per heavy atom. The molecule has 21 heavy (non-hydrogen) atoms. The molecular weight excluding hydrogens is 288 g/mol. The minimum atomic E-state index is -0.405. The van der Waals surface area contributed by atoms with Crippen molar-refractivity contribution in [2.24, 2.45) is 0 Å². The number of hydrogen-bond acceptors (Lipinski definition) is 4. The van der Waals surface area contributed by atoms with E-state index in [-0.39, 0.29) is 5.91 Å². The second-order valence-corrected chi connectivity index (χ2v) is 5.35. The molecule has 106 valence electrons. The number of amides is 1. The molecule has 0 atom stereocenters. The zero-order valence-corrected chi connectivity index (χ0v) is 12.0.